The molecule has 2 atom stereocenters. The van der Waals surface area contributed by atoms with E-state index in [4.69, 9.17) is 14.2 Å². The smallest absolute Gasteiger partial charge is 0.309 e. The fraction of sp³-hybridized carbons (Fsp3) is 0.955. The van der Waals surface area contributed by atoms with Crippen LogP contribution in [0, 0.1) is 23.7 Å². The Labute approximate surface area is 159 Å². The van der Waals surface area contributed by atoms with Crippen LogP contribution in [0.1, 0.15) is 84.5 Å². The Kier molecular flexibility index (Phi) is 7.80. The number of hydrogen-bond acceptors (Lipinski definition) is 4. The van der Waals surface area contributed by atoms with Gasteiger partial charge >= 0.3 is 5.97 Å². The molecule has 0 N–H and O–H groups in total. The first-order valence-corrected chi connectivity index (χ1v) is 11.1. The van der Waals surface area contributed by atoms with Gasteiger partial charge in [0.2, 0.25) is 0 Å². The maximum atomic E-state index is 11.9. The maximum absolute atomic E-state index is 11.9. The summed E-state index contributed by atoms with van der Waals surface area (Å²) in [5, 5.41) is 0. The van der Waals surface area contributed by atoms with Crippen molar-refractivity contribution >= 4 is 5.97 Å². The summed E-state index contributed by atoms with van der Waals surface area (Å²) in [5.74, 6) is 2.14. The standard InChI is InChI=1S/C22H38O4/c1-3-5-17-14-24-22(25-15-17)19-9-6-16(7-10-19)8-12-20-13-11-18(4-2)21(23)26-20/h16-20,22H,3-15H2,1-2H3. The molecule has 2 unspecified atom stereocenters. The van der Waals surface area contributed by atoms with Crippen LogP contribution in [0.15, 0.2) is 0 Å². The SMILES string of the molecule is CCCC1COC(C2CCC(CCC3CCC(CC)C(=O)O3)CC2)OC1. The van der Waals surface area contributed by atoms with Gasteiger partial charge in [-0.25, -0.2) is 0 Å². The molecule has 3 aliphatic rings. The fourth-order valence-electron chi connectivity index (χ4n) is 4.97. The molecule has 1 saturated carbocycles. The first kappa shape index (κ1) is 20.1. The van der Waals surface area contributed by atoms with E-state index in [0.717, 1.165) is 44.8 Å². The highest BCUT2D eigenvalue weighted by Crippen LogP contribution is 2.37. The molecule has 0 aromatic heterocycles. The van der Waals surface area contributed by atoms with E-state index in [2.05, 4.69) is 13.8 Å². The van der Waals surface area contributed by atoms with Gasteiger partial charge in [0.15, 0.2) is 6.29 Å². The van der Waals surface area contributed by atoms with Gasteiger partial charge in [0.25, 0.3) is 0 Å². The monoisotopic (exact) mass is 366 g/mol. The highest BCUT2D eigenvalue weighted by Gasteiger charge is 2.33. The molecule has 3 rings (SSSR count). The molecule has 2 heterocycles. The van der Waals surface area contributed by atoms with E-state index in [-0.39, 0.29) is 24.3 Å². The van der Waals surface area contributed by atoms with E-state index in [1.807, 2.05) is 0 Å². The van der Waals surface area contributed by atoms with Gasteiger partial charge in [-0.15, -0.1) is 0 Å². The minimum absolute atomic E-state index is 0.0364. The van der Waals surface area contributed by atoms with Crippen molar-refractivity contribution in [1.29, 1.82) is 0 Å². The van der Waals surface area contributed by atoms with Crippen molar-refractivity contribution < 1.29 is 19.0 Å². The summed E-state index contributed by atoms with van der Waals surface area (Å²) in [5.41, 5.74) is 0. The Morgan fingerprint density at radius 3 is 2.19 bits per heavy atom. The Morgan fingerprint density at radius 2 is 1.58 bits per heavy atom. The lowest BCUT2D eigenvalue weighted by molar-refractivity contribution is -0.230. The van der Waals surface area contributed by atoms with Crippen LogP contribution in [-0.4, -0.2) is 31.6 Å². The van der Waals surface area contributed by atoms with Crippen molar-refractivity contribution in [2.24, 2.45) is 23.7 Å². The summed E-state index contributed by atoms with van der Waals surface area (Å²) in [6.45, 7) is 6.06. The molecule has 0 aromatic rings. The van der Waals surface area contributed by atoms with E-state index in [1.54, 1.807) is 0 Å². The largest absolute Gasteiger partial charge is 0.462 e. The predicted molar refractivity (Wildman–Crippen MR) is 102 cm³/mol. The zero-order valence-electron chi connectivity index (χ0n) is 16.8. The average molecular weight is 367 g/mol. The summed E-state index contributed by atoms with van der Waals surface area (Å²) < 4.78 is 17.7. The minimum Gasteiger partial charge on any atom is -0.462 e. The van der Waals surface area contributed by atoms with Crippen molar-refractivity contribution in [3.63, 3.8) is 0 Å². The summed E-state index contributed by atoms with van der Waals surface area (Å²) in [6, 6.07) is 0. The van der Waals surface area contributed by atoms with E-state index >= 15 is 0 Å². The van der Waals surface area contributed by atoms with Crippen molar-refractivity contribution in [3.05, 3.63) is 0 Å². The van der Waals surface area contributed by atoms with Gasteiger partial charge in [0.1, 0.15) is 6.10 Å². The number of cyclic esters (lactones) is 1. The zero-order valence-corrected chi connectivity index (χ0v) is 16.8. The molecule has 0 amide bonds. The maximum Gasteiger partial charge on any atom is 0.309 e. The van der Waals surface area contributed by atoms with Crippen LogP contribution in [-0.2, 0) is 19.0 Å². The topological polar surface area (TPSA) is 44.8 Å². The average Bonchev–Trinajstić information content (AvgIpc) is 2.68. The Hall–Kier alpha value is -0.610. The Balaban J connectivity index is 1.31. The molecule has 0 radical (unpaired) electrons. The second-order valence-electron chi connectivity index (χ2n) is 8.79. The molecule has 150 valence electrons. The van der Waals surface area contributed by atoms with Gasteiger partial charge in [-0.05, 0) is 70.1 Å². The first-order valence-electron chi connectivity index (χ1n) is 11.1. The van der Waals surface area contributed by atoms with Gasteiger partial charge in [-0.1, -0.05) is 20.3 Å². The highest BCUT2D eigenvalue weighted by atomic mass is 16.7. The summed E-state index contributed by atoms with van der Waals surface area (Å²) in [7, 11) is 0. The van der Waals surface area contributed by atoms with Crippen LogP contribution in [0.3, 0.4) is 0 Å². The van der Waals surface area contributed by atoms with E-state index in [1.165, 1.54) is 44.9 Å². The lowest BCUT2D eigenvalue weighted by Gasteiger charge is -2.38. The Morgan fingerprint density at radius 1 is 0.846 bits per heavy atom. The lowest BCUT2D eigenvalue weighted by Crippen LogP contribution is -2.38. The summed E-state index contributed by atoms with van der Waals surface area (Å²) in [6.07, 6.45) is 12.8. The molecule has 2 aliphatic heterocycles. The normalized spacial score (nSPS) is 38.8. The summed E-state index contributed by atoms with van der Waals surface area (Å²) in [4.78, 5) is 11.9. The van der Waals surface area contributed by atoms with Crippen molar-refractivity contribution in [2.75, 3.05) is 13.2 Å². The molecular weight excluding hydrogens is 328 g/mol. The molecule has 4 heteroatoms. The third-order valence-corrected chi connectivity index (χ3v) is 6.81. The molecule has 26 heavy (non-hydrogen) atoms. The van der Waals surface area contributed by atoms with Gasteiger partial charge in [-0.3, -0.25) is 4.79 Å². The fourth-order valence-corrected chi connectivity index (χ4v) is 4.97. The third kappa shape index (κ3) is 5.45. The number of ether oxygens (including phenoxy) is 3. The summed E-state index contributed by atoms with van der Waals surface area (Å²) >= 11 is 0. The van der Waals surface area contributed by atoms with Crippen LogP contribution in [0.4, 0.5) is 0 Å². The molecular formula is C22H38O4. The van der Waals surface area contributed by atoms with Gasteiger partial charge in [0, 0.05) is 11.8 Å². The molecule has 0 bridgehead atoms. The minimum atomic E-state index is 0.0364. The second kappa shape index (κ2) is 10.1. The van der Waals surface area contributed by atoms with Crippen molar-refractivity contribution in [2.45, 2.75) is 96.9 Å². The van der Waals surface area contributed by atoms with Crippen LogP contribution in [0.25, 0.3) is 0 Å². The van der Waals surface area contributed by atoms with E-state index < -0.39 is 0 Å². The quantitative estimate of drug-likeness (QED) is 0.588. The van der Waals surface area contributed by atoms with Gasteiger partial charge in [0.05, 0.1) is 19.1 Å². The van der Waals surface area contributed by atoms with Gasteiger partial charge < -0.3 is 14.2 Å². The van der Waals surface area contributed by atoms with Crippen LogP contribution in [0.5, 0.6) is 0 Å². The van der Waals surface area contributed by atoms with E-state index in [9.17, 15) is 4.79 Å². The second-order valence-corrected chi connectivity index (χ2v) is 8.79. The van der Waals surface area contributed by atoms with Crippen LogP contribution in [0.2, 0.25) is 0 Å². The predicted octanol–water partition coefficient (Wildman–Crippen LogP) is 5.09. The van der Waals surface area contributed by atoms with Crippen molar-refractivity contribution in [3.8, 4) is 0 Å². The number of esters is 1. The molecule has 0 aromatic carbocycles. The van der Waals surface area contributed by atoms with Crippen molar-refractivity contribution in [1.82, 2.24) is 0 Å². The number of hydrogen-bond donors (Lipinski definition) is 0. The number of carbonyl (C=O) groups excluding carboxylic acids is 1. The first-order chi connectivity index (χ1) is 12.7. The van der Waals surface area contributed by atoms with Gasteiger partial charge in [-0.2, -0.15) is 0 Å². The molecule has 1 aliphatic carbocycles. The van der Waals surface area contributed by atoms with Crippen LogP contribution < -0.4 is 0 Å². The van der Waals surface area contributed by atoms with Crippen LogP contribution >= 0.6 is 0 Å². The molecule has 2 saturated heterocycles. The highest BCUT2D eigenvalue weighted by molar-refractivity contribution is 5.73. The third-order valence-electron chi connectivity index (χ3n) is 6.81. The lowest BCUT2D eigenvalue weighted by atomic mass is 9.78. The Bertz CT molecular complexity index is 422. The molecule has 0 spiro atoms. The number of rotatable bonds is 7. The number of carbonyl (C=O) groups is 1. The molecule has 3 fully saturated rings. The molecule has 4 nitrogen and oxygen atoms in total. The zero-order chi connectivity index (χ0) is 18.4. The van der Waals surface area contributed by atoms with E-state index in [0.29, 0.717) is 11.8 Å².